The van der Waals surface area contributed by atoms with Gasteiger partial charge in [0.2, 0.25) is 0 Å². The number of anilines is 1. The van der Waals surface area contributed by atoms with Crippen molar-refractivity contribution >= 4 is 46.0 Å². The van der Waals surface area contributed by atoms with E-state index in [2.05, 4.69) is 16.8 Å². The Morgan fingerprint density at radius 2 is 1.81 bits per heavy atom. The van der Waals surface area contributed by atoms with Crippen LogP contribution in [0, 0.1) is 6.92 Å². The second-order valence-corrected chi connectivity index (χ2v) is 8.65. The van der Waals surface area contributed by atoms with E-state index in [1.165, 1.54) is 0 Å². The Bertz CT molecular complexity index is 1270. The first-order valence-corrected chi connectivity index (χ1v) is 11.4. The minimum atomic E-state index is -0.233. The smallest absolute Gasteiger partial charge is 0.255 e. The number of aromatic nitrogens is 3. The van der Waals surface area contributed by atoms with Crippen molar-refractivity contribution in [3.8, 4) is 0 Å². The van der Waals surface area contributed by atoms with Crippen LogP contribution in [0.3, 0.4) is 0 Å². The number of pyridine rings is 1. The molecule has 0 saturated heterocycles. The number of aryl methyl sites for hydroxylation is 2. The van der Waals surface area contributed by atoms with Crippen LogP contribution < -0.4 is 5.32 Å². The van der Waals surface area contributed by atoms with Crippen LogP contribution in [0.2, 0.25) is 10.0 Å². The van der Waals surface area contributed by atoms with E-state index in [-0.39, 0.29) is 5.91 Å². The second-order valence-electron chi connectivity index (χ2n) is 7.77. The molecule has 0 fully saturated rings. The van der Waals surface area contributed by atoms with Crippen LogP contribution in [-0.2, 0) is 13.0 Å². The number of hydrogen-bond donors (Lipinski definition) is 1. The van der Waals surface area contributed by atoms with E-state index in [1.54, 1.807) is 24.3 Å². The molecular formula is C25H24Cl2N4O. The number of unbranched alkanes of at least 4 members (excludes halogenated alkanes) is 1. The number of carbonyl (C=O) groups is 1. The monoisotopic (exact) mass is 466 g/mol. The Kier molecular flexibility index (Phi) is 6.77. The van der Waals surface area contributed by atoms with Gasteiger partial charge in [0.25, 0.3) is 5.91 Å². The van der Waals surface area contributed by atoms with E-state index in [9.17, 15) is 4.79 Å². The SMILES string of the molecule is CCCCc1nc2cc(NC(=O)c3cccc(Cl)c3)c(C)nc2n1Cc1ccc(Cl)cc1. The zero-order chi connectivity index (χ0) is 22.7. The molecule has 32 heavy (non-hydrogen) atoms. The summed E-state index contributed by atoms with van der Waals surface area (Å²) in [6.07, 6.45) is 2.99. The van der Waals surface area contributed by atoms with Crippen molar-refractivity contribution in [2.75, 3.05) is 5.32 Å². The third-order valence-electron chi connectivity index (χ3n) is 5.33. The normalized spacial score (nSPS) is 11.1. The van der Waals surface area contributed by atoms with Gasteiger partial charge >= 0.3 is 0 Å². The Morgan fingerprint density at radius 1 is 1.03 bits per heavy atom. The number of carbonyl (C=O) groups excluding carboxylic acids is 1. The van der Waals surface area contributed by atoms with Crippen molar-refractivity contribution in [3.05, 3.63) is 87.3 Å². The lowest BCUT2D eigenvalue weighted by molar-refractivity contribution is 0.102. The van der Waals surface area contributed by atoms with Crippen LogP contribution in [0.4, 0.5) is 5.69 Å². The van der Waals surface area contributed by atoms with Crippen LogP contribution in [0.15, 0.2) is 54.6 Å². The molecule has 2 aromatic heterocycles. The summed E-state index contributed by atoms with van der Waals surface area (Å²) in [6.45, 7) is 4.71. The Labute approximate surface area is 197 Å². The third kappa shape index (κ3) is 4.95. The van der Waals surface area contributed by atoms with Crippen LogP contribution in [0.25, 0.3) is 11.2 Å². The van der Waals surface area contributed by atoms with E-state index in [0.29, 0.717) is 27.8 Å². The predicted octanol–water partition coefficient (Wildman–Crippen LogP) is 6.69. The molecule has 4 rings (SSSR count). The highest BCUT2D eigenvalue weighted by Crippen LogP contribution is 2.24. The summed E-state index contributed by atoms with van der Waals surface area (Å²) >= 11 is 12.1. The van der Waals surface area contributed by atoms with Crippen molar-refractivity contribution in [2.45, 2.75) is 39.7 Å². The van der Waals surface area contributed by atoms with E-state index < -0.39 is 0 Å². The fourth-order valence-electron chi connectivity index (χ4n) is 3.60. The van der Waals surface area contributed by atoms with E-state index in [1.807, 2.05) is 37.3 Å². The molecule has 0 atom stereocenters. The van der Waals surface area contributed by atoms with Gasteiger partial charge in [-0.05, 0) is 55.3 Å². The zero-order valence-corrected chi connectivity index (χ0v) is 19.5. The average molecular weight is 467 g/mol. The molecule has 0 saturated carbocycles. The maximum Gasteiger partial charge on any atom is 0.255 e. The van der Waals surface area contributed by atoms with Gasteiger partial charge in [0.05, 0.1) is 17.9 Å². The molecular weight excluding hydrogens is 443 g/mol. The van der Waals surface area contributed by atoms with Crippen LogP contribution in [0.5, 0.6) is 0 Å². The fraction of sp³-hybridized carbons (Fsp3) is 0.240. The van der Waals surface area contributed by atoms with Gasteiger partial charge in [0.15, 0.2) is 5.65 Å². The largest absolute Gasteiger partial charge is 0.320 e. The van der Waals surface area contributed by atoms with Crippen molar-refractivity contribution in [1.82, 2.24) is 14.5 Å². The maximum atomic E-state index is 12.7. The molecule has 2 heterocycles. The summed E-state index contributed by atoms with van der Waals surface area (Å²) in [5, 5.41) is 4.18. The minimum absolute atomic E-state index is 0.233. The molecule has 0 aliphatic rings. The molecule has 7 heteroatoms. The molecule has 4 aromatic rings. The standard InChI is InChI=1S/C25H24Cl2N4O/c1-3-4-8-23-29-22-14-21(30-25(32)18-6-5-7-20(27)13-18)16(2)28-24(22)31(23)15-17-9-11-19(26)12-10-17/h5-7,9-14H,3-4,8,15H2,1-2H3,(H,30,32). The molecule has 0 unspecified atom stereocenters. The summed E-state index contributed by atoms with van der Waals surface area (Å²) in [6, 6.07) is 16.6. The summed E-state index contributed by atoms with van der Waals surface area (Å²) in [5.41, 5.74) is 4.56. The molecule has 0 aliphatic carbocycles. The number of hydrogen-bond acceptors (Lipinski definition) is 3. The van der Waals surface area contributed by atoms with Crippen molar-refractivity contribution < 1.29 is 4.79 Å². The third-order valence-corrected chi connectivity index (χ3v) is 5.82. The molecule has 2 aromatic carbocycles. The average Bonchev–Trinajstić information content (AvgIpc) is 3.10. The topological polar surface area (TPSA) is 59.8 Å². The highest BCUT2D eigenvalue weighted by molar-refractivity contribution is 6.31. The summed E-state index contributed by atoms with van der Waals surface area (Å²) in [7, 11) is 0. The number of benzene rings is 2. The van der Waals surface area contributed by atoms with Gasteiger partial charge < -0.3 is 9.88 Å². The predicted molar refractivity (Wildman–Crippen MR) is 131 cm³/mol. The van der Waals surface area contributed by atoms with Crippen LogP contribution in [0.1, 0.15) is 47.2 Å². The zero-order valence-electron chi connectivity index (χ0n) is 18.0. The fourth-order valence-corrected chi connectivity index (χ4v) is 3.92. The van der Waals surface area contributed by atoms with Gasteiger partial charge in [0, 0.05) is 22.0 Å². The number of imidazole rings is 1. The minimum Gasteiger partial charge on any atom is -0.320 e. The second kappa shape index (κ2) is 9.72. The molecule has 5 nitrogen and oxygen atoms in total. The maximum absolute atomic E-state index is 12.7. The Hall–Kier alpha value is -2.89. The molecule has 0 aliphatic heterocycles. The number of nitrogens with zero attached hydrogens (tertiary/aromatic N) is 3. The highest BCUT2D eigenvalue weighted by Gasteiger charge is 2.16. The Balaban J connectivity index is 1.69. The number of rotatable bonds is 7. The van der Waals surface area contributed by atoms with E-state index in [4.69, 9.17) is 33.2 Å². The lowest BCUT2D eigenvalue weighted by Gasteiger charge is -2.11. The van der Waals surface area contributed by atoms with Gasteiger partial charge in [-0.25, -0.2) is 9.97 Å². The highest BCUT2D eigenvalue weighted by atomic mass is 35.5. The lowest BCUT2D eigenvalue weighted by Crippen LogP contribution is -2.13. The van der Waals surface area contributed by atoms with E-state index >= 15 is 0 Å². The number of fused-ring (bicyclic) bond motifs is 1. The van der Waals surface area contributed by atoms with Gasteiger partial charge in [-0.2, -0.15) is 0 Å². The lowest BCUT2D eigenvalue weighted by atomic mass is 10.2. The summed E-state index contributed by atoms with van der Waals surface area (Å²) < 4.78 is 2.16. The molecule has 0 bridgehead atoms. The molecule has 1 amide bonds. The van der Waals surface area contributed by atoms with E-state index in [0.717, 1.165) is 47.5 Å². The number of amides is 1. The number of halogens is 2. The van der Waals surface area contributed by atoms with Crippen molar-refractivity contribution in [2.24, 2.45) is 0 Å². The first-order chi connectivity index (χ1) is 15.4. The van der Waals surface area contributed by atoms with Crippen LogP contribution in [-0.4, -0.2) is 20.4 Å². The molecule has 0 spiro atoms. The molecule has 164 valence electrons. The quantitative estimate of drug-likeness (QED) is 0.329. The first kappa shape index (κ1) is 22.3. The van der Waals surface area contributed by atoms with Gasteiger partial charge in [0.1, 0.15) is 11.3 Å². The number of nitrogens with one attached hydrogen (secondary N) is 1. The summed E-state index contributed by atoms with van der Waals surface area (Å²) in [5.74, 6) is 0.755. The van der Waals surface area contributed by atoms with Crippen LogP contribution >= 0.6 is 23.2 Å². The first-order valence-electron chi connectivity index (χ1n) is 10.6. The van der Waals surface area contributed by atoms with Crippen molar-refractivity contribution in [3.63, 3.8) is 0 Å². The Morgan fingerprint density at radius 3 is 2.53 bits per heavy atom. The molecule has 0 radical (unpaired) electrons. The van der Waals surface area contributed by atoms with Gasteiger partial charge in [-0.15, -0.1) is 0 Å². The van der Waals surface area contributed by atoms with Crippen molar-refractivity contribution in [1.29, 1.82) is 0 Å². The molecule has 1 N–H and O–H groups in total. The van der Waals surface area contributed by atoms with Gasteiger partial charge in [-0.1, -0.05) is 54.7 Å². The summed E-state index contributed by atoms with van der Waals surface area (Å²) in [4.78, 5) is 22.4. The van der Waals surface area contributed by atoms with Gasteiger partial charge in [-0.3, -0.25) is 4.79 Å².